The lowest BCUT2D eigenvalue weighted by atomic mass is 10.2. The predicted octanol–water partition coefficient (Wildman–Crippen LogP) is 5.26. The fourth-order valence-corrected chi connectivity index (χ4v) is 3.80. The third kappa shape index (κ3) is 4.33. The largest absolute Gasteiger partial charge is 0.321 e. The Morgan fingerprint density at radius 3 is 2.41 bits per heavy atom. The second kappa shape index (κ2) is 8.59. The first-order valence-corrected chi connectivity index (χ1v) is 10.3. The number of rotatable bonds is 6. The van der Waals surface area contributed by atoms with Crippen molar-refractivity contribution in [3.63, 3.8) is 0 Å². The van der Waals surface area contributed by atoms with Gasteiger partial charge in [0.2, 0.25) is 5.91 Å². The molecular formula is C21H25Cl2N5O. The first kappa shape index (κ1) is 21.4. The second-order valence-electron chi connectivity index (χ2n) is 7.18. The van der Waals surface area contributed by atoms with E-state index in [1.54, 1.807) is 4.68 Å². The lowest BCUT2D eigenvalue weighted by Gasteiger charge is -2.17. The van der Waals surface area contributed by atoms with Crippen LogP contribution in [0.15, 0.2) is 24.3 Å². The molecule has 0 aliphatic carbocycles. The van der Waals surface area contributed by atoms with Gasteiger partial charge in [0, 0.05) is 5.02 Å². The molecular weight excluding hydrogens is 409 g/mol. The summed E-state index contributed by atoms with van der Waals surface area (Å²) >= 11 is 12.4. The highest BCUT2D eigenvalue weighted by molar-refractivity contribution is 6.31. The smallest absolute Gasteiger partial charge is 0.249 e. The molecule has 0 radical (unpaired) electrons. The fourth-order valence-electron chi connectivity index (χ4n) is 3.46. The average Bonchev–Trinajstić information content (AvgIpc) is 3.07. The van der Waals surface area contributed by atoms with Crippen LogP contribution in [0.2, 0.25) is 10.0 Å². The summed E-state index contributed by atoms with van der Waals surface area (Å²) in [5.41, 5.74) is 4.93. The SMILES string of the molecule is CCC(C(=O)Nc1c(C)nn(Cc2cccc(Cl)c2)c1C)n1nc(C)c(Cl)c1C. The number of amides is 1. The van der Waals surface area contributed by atoms with Gasteiger partial charge in [-0.1, -0.05) is 42.3 Å². The van der Waals surface area contributed by atoms with Gasteiger partial charge in [-0.2, -0.15) is 10.2 Å². The molecule has 29 heavy (non-hydrogen) atoms. The second-order valence-corrected chi connectivity index (χ2v) is 7.99. The molecule has 1 amide bonds. The fraction of sp³-hybridized carbons (Fsp3) is 0.381. The van der Waals surface area contributed by atoms with Crippen LogP contribution in [0.1, 0.15) is 47.7 Å². The van der Waals surface area contributed by atoms with Crippen molar-refractivity contribution in [2.45, 2.75) is 53.6 Å². The molecule has 0 aliphatic rings. The molecule has 0 aliphatic heterocycles. The molecule has 0 fully saturated rings. The summed E-state index contributed by atoms with van der Waals surface area (Å²) in [4.78, 5) is 13.1. The lowest BCUT2D eigenvalue weighted by molar-refractivity contribution is -0.119. The minimum atomic E-state index is -0.448. The molecule has 0 saturated heterocycles. The van der Waals surface area contributed by atoms with Crippen molar-refractivity contribution >= 4 is 34.8 Å². The normalized spacial score (nSPS) is 12.2. The van der Waals surface area contributed by atoms with Crippen LogP contribution < -0.4 is 5.32 Å². The summed E-state index contributed by atoms with van der Waals surface area (Å²) in [6, 6.07) is 7.22. The zero-order valence-electron chi connectivity index (χ0n) is 17.3. The Hall–Kier alpha value is -2.31. The number of benzene rings is 1. The molecule has 0 bridgehead atoms. The van der Waals surface area contributed by atoms with Gasteiger partial charge in [0.1, 0.15) is 6.04 Å². The zero-order chi connectivity index (χ0) is 21.3. The van der Waals surface area contributed by atoms with Crippen LogP contribution in [-0.2, 0) is 11.3 Å². The highest BCUT2D eigenvalue weighted by Gasteiger charge is 2.25. The highest BCUT2D eigenvalue weighted by atomic mass is 35.5. The Bertz CT molecular complexity index is 1050. The topological polar surface area (TPSA) is 64.7 Å². The van der Waals surface area contributed by atoms with Gasteiger partial charge < -0.3 is 5.32 Å². The van der Waals surface area contributed by atoms with Gasteiger partial charge in [0.05, 0.1) is 40.0 Å². The van der Waals surface area contributed by atoms with Crippen LogP contribution in [0.5, 0.6) is 0 Å². The van der Waals surface area contributed by atoms with Crippen molar-refractivity contribution in [2.24, 2.45) is 0 Å². The van der Waals surface area contributed by atoms with Crippen LogP contribution in [0.3, 0.4) is 0 Å². The monoisotopic (exact) mass is 433 g/mol. The summed E-state index contributed by atoms with van der Waals surface area (Å²) in [6.07, 6.45) is 0.596. The highest BCUT2D eigenvalue weighted by Crippen LogP contribution is 2.26. The van der Waals surface area contributed by atoms with Crippen molar-refractivity contribution in [1.82, 2.24) is 19.6 Å². The van der Waals surface area contributed by atoms with E-state index in [0.29, 0.717) is 23.0 Å². The first-order valence-electron chi connectivity index (χ1n) is 9.53. The van der Waals surface area contributed by atoms with Gasteiger partial charge in [0.25, 0.3) is 0 Å². The van der Waals surface area contributed by atoms with Gasteiger partial charge in [-0.05, 0) is 51.8 Å². The van der Waals surface area contributed by atoms with E-state index in [1.165, 1.54) is 0 Å². The summed E-state index contributed by atoms with van der Waals surface area (Å²) in [6.45, 7) is 10.1. The summed E-state index contributed by atoms with van der Waals surface area (Å²) < 4.78 is 3.58. The maximum atomic E-state index is 13.1. The van der Waals surface area contributed by atoms with E-state index < -0.39 is 6.04 Å². The van der Waals surface area contributed by atoms with E-state index in [-0.39, 0.29) is 5.91 Å². The molecule has 1 atom stereocenters. The van der Waals surface area contributed by atoms with Crippen LogP contribution >= 0.6 is 23.2 Å². The number of carbonyl (C=O) groups is 1. The standard InChI is InChI=1S/C21H25Cl2N5O/c1-6-18(28-14(4)19(23)12(2)26-28)21(29)24-20-13(3)25-27(15(20)5)11-16-8-7-9-17(22)10-16/h7-10,18H,6,11H2,1-5H3,(H,24,29). The van der Waals surface area contributed by atoms with E-state index in [4.69, 9.17) is 23.2 Å². The minimum Gasteiger partial charge on any atom is -0.321 e. The number of nitrogens with zero attached hydrogens (tertiary/aromatic N) is 4. The summed E-state index contributed by atoms with van der Waals surface area (Å²) in [5.74, 6) is -0.136. The third-order valence-corrected chi connectivity index (χ3v) is 5.85. The molecule has 0 saturated carbocycles. The Balaban J connectivity index is 1.84. The quantitative estimate of drug-likeness (QED) is 0.576. The van der Waals surface area contributed by atoms with Crippen molar-refractivity contribution in [1.29, 1.82) is 0 Å². The molecule has 2 heterocycles. The van der Waals surface area contributed by atoms with Crippen molar-refractivity contribution < 1.29 is 4.79 Å². The molecule has 0 spiro atoms. The van der Waals surface area contributed by atoms with Crippen LogP contribution in [0.4, 0.5) is 5.69 Å². The van der Waals surface area contributed by atoms with Crippen molar-refractivity contribution in [3.8, 4) is 0 Å². The molecule has 154 valence electrons. The third-order valence-electron chi connectivity index (χ3n) is 5.07. The molecule has 1 aromatic carbocycles. The number of hydrogen-bond donors (Lipinski definition) is 1. The predicted molar refractivity (Wildman–Crippen MR) is 117 cm³/mol. The van der Waals surface area contributed by atoms with Gasteiger partial charge in [-0.3, -0.25) is 14.2 Å². The van der Waals surface area contributed by atoms with Crippen LogP contribution in [0, 0.1) is 27.7 Å². The Morgan fingerprint density at radius 1 is 1.10 bits per heavy atom. The molecule has 8 heteroatoms. The van der Waals surface area contributed by atoms with Gasteiger partial charge in [-0.25, -0.2) is 0 Å². The van der Waals surface area contributed by atoms with Gasteiger partial charge in [-0.15, -0.1) is 0 Å². The van der Waals surface area contributed by atoms with E-state index in [0.717, 1.165) is 34.0 Å². The molecule has 1 unspecified atom stereocenters. The van der Waals surface area contributed by atoms with E-state index in [2.05, 4.69) is 15.5 Å². The Morgan fingerprint density at radius 2 is 1.83 bits per heavy atom. The summed E-state index contributed by atoms with van der Waals surface area (Å²) in [7, 11) is 0. The van der Waals surface area contributed by atoms with Gasteiger partial charge in [0.15, 0.2) is 0 Å². The number of halogens is 2. The molecule has 2 aromatic heterocycles. The Kier molecular flexibility index (Phi) is 6.34. The van der Waals surface area contributed by atoms with Crippen molar-refractivity contribution in [2.75, 3.05) is 5.32 Å². The number of aromatic nitrogens is 4. The molecule has 3 aromatic rings. The maximum absolute atomic E-state index is 13.1. The molecule has 3 rings (SSSR count). The summed E-state index contributed by atoms with van der Waals surface area (Å²) in [5, 5.41) is 13.4. The van der Waals surface area contributed by atoms with Crippen LogP contribution in [0.25, 0.3) is 0 Å². The molecule has 6 nitrogen and oxygen atoms in total. The van der Waals surface area contributed by atoms with Gasteiger partial charge >= 0.3 is 0 Å². The van der Waals surface area contributed by atoms with Crippen molar-refractivity contribution in [3.05, 3.63) is 62.6 Å². The molecule has 1 N–H and O–H groups in total. The first-order chi connectivity index (χ1) is 13.7. The maximum Gasteiger partial charge on any atom is 0.249 e. The van der Waals surface area contributed by atoms with E-state index >= 15 is 0 Å². The van der Waals surface area contributed by atoms with Crippen LogP contribution in [-0.4, -0.2) is 25.5 Å². The number of anilines is 1. The Labute approximate surface area is 180 Å². The average molecular weight is 434 g/mol. The van der Waals surface area contributed by atoms with E-state index in [9.17, 15) is 4.79 Å². The van der Waals surface area contributed by atoms with E-state index in [1.807, 2.05) is 63.6 Å². The number of hydrogen-bond acceptors (Lipinski definition) is 3. The zero-order valence-corrected chi connectivity index (χ0v) is 18.8. The number of nitrogens with one attached hydrogen (secondary N) is 1. The lowest BCUT2D eigenvalue weighted by Crippen LogP contribution is -2.27. The number of aryl methyl sites for hydroxylation is 2. The number of carbonyl (C=O) groups excluding carboxylic acids is 1. The minimum absolute atomic E-state index is 0.136.